The van der Waals surface area contributed by atoms with E-state index in [2.05, 4.69) is 4.98 Å². The second-order valence-corrected chi connectivity index (χ2v) is 1.81. The summed E-state index contributed by atoms with van der Waals surface area (Å²) in [5.74, 6) is 0.335. The summed E-state index contributed by atoms with van der Waals surface area (Å²) < 4.78 is 4.76. The number of hydrogen-bond donors (Lipinski definition) is 0. The van der Waals surface area contributed by atoms with Gasteiger partial charge in [-0.25, -0.2) is 0 Å². The molecule has 5 heteroatoms. The van der Waals surface area contributed by atoms with Crippen molar-refractivity contribution >= 4 is 5.82 Å². The van der Waals surface area contributed by atoms with Crippen molar-refractivity contribution in [2.75, 3.05) is 7.11 Å². The smallest absolute Gasteiger partial charge is 0.363 e. The van der Waals surface area contributed by atoms with Gasteiger partial charge in [-0.1, -0.05) is 0 Å². The van der Waals surface area contributed by atoms with E-state index in [-0.39, 0.29) is 5.82 Å². The lowest BCUT2D eigenvalue weighted by atomic mass is 10.4. The van der Waals surface area contributed by atoms with Crippen molar-refractivity contribution in [3.05, 3.63) is 28.4 Å². The van der Waals surface area contributed by atoms with Crippen molar-refractivity contribution in [3.63, 3.8) is 0 Å². The predicted octanol–water partition coefficient (Wildman–Crippen LogP) is 0.998. The summed E-state index contributed by atoms with van der Waals surface area (Å²) in [7, 11) is 1.48. The summed E-state index contributed by atoms with van der Waals surface area (Å²) in [6.45, 7) is 0. The highest BCUT2D eigenvalue weighted by molar-refractivity contribution is 5.26. The molecule has 0 aliphatic rings. The molecule has 0 saturated heterocycles. The molecule has 0 aromatic carbocycles. The molecule has 1 rings (SSSR count). The maximum absolute atomic E-state index is 10.1. The molecule has 1 aromatic heterocycles. The molecule has 0 radical (unpaired) electrons. The number of rotatable bonds is 2. The topological polar surface area (TPSA) is 65.3 Å². The molecule has 5 nitrogen and oxygen atoms in total. The minimum atomic E-state index is -0.556. The van der Waals surface area contributed by atoms with Crippen LogP contribution in [0, 0.1) is 10.1 Å². The number of nitrogens with zero attached hydrogens (tertiary/aromatic N) is 2. The highest BCUT2D eigenvalue weighted by Crippen LogP contribution is 2.12. The highest BCUT2D eigenvalue weighted by Gasteiger charge is 2.04. The zero-order valence-electron chi connectivity index (χ0n) is 5.85. The van der Waals surface area contributed by atoms with E-state index in [0.29, 0.717) is 5.75 Å². The Balaban J connectivity index is 2.91. The van der Waals surface area contributed by atoms with Crippen LogP contribution < -0.4 is 4.74 Å². The molecule has 0 unspecified atom stereocenters. The van der Waals surface area contributed by atoms with Crippen molar-refractivity contribution in [1.82, 2.24) is 4.98 Å². The van der Waals surface area contributed by atoms with E-state index in [0.717, 1.165) is 0 Å². The molecule has 0 aliphatic carbocycles. The number of aromatic nitrogens is 1. The maximum Gasteiger partial charge on any atom is 0.363 e. The van der Waals surface area contributed by atoms with Crippen LogP contribution in [0.5, 0.6) is 5.75 Å². The Morgan fingerprint density at radius 2 is 2.36 bits per heavy atom. The Bertz CT molecular complexity index is 257. The fourth-order valence-electron chi connectivity index (χ4n) is 0.601. The van der Waals surface area contributed by atoms with Gasteiger partial charge in [0, 0.05) is 6.07 Å². The normalized spacial score (nSPS) is 9.18. The zero-order chi connectivity index (χ0) is 8.27. The Hall–Kier alpha value is -1.65. The van der Waals surface area contributed by atoms with Crippen LogP contribution in [0.25, 0.3) is 0 Å². The van der Waals surface area contributed by atoms with Gasteiger partial charge in [-0.3, -0.25) is 0 Å². The van der Waals surface area contributed by atoms with Crippen molar-refractivity contribution in [3.8, 4) is 5.75 Å². The lowest BCUT2D eigenvalue weighted by molar-refractivity contribution is -0.389. The third kappa shape index (κ3) is 1.64. The van der Waals surface area contributed by atoms with E-state index in [4.69, 9.17) is 4.74 Å². The molecule has 0 atom stereocenters. The second-order valence-electron chi connectivity index (χ2n) is 1.81. The van der Waals surface area contributed by atoms with Crippen LogP contribution in [0.3, 0.4) is 0 Å². The van der Waals surface area contributed by atoms with Crippen LogP contribution in [-0.4, -0.2) is 17.0 Å². The molecule has 0 fully saturated rings. The molecule has 0 N–H and O–H groups in total. The summed E-state index contributed by atoms with van der Waals surface area (Å²) in [6.07, 6.45) is 1.30. The van der Waals surface area contributed by atoms with Gasteiger partial charge in [0.15, 0.2) is 11.9 Å². The minimum Gasteiger partial charge on any atom is -0.493 e. The van der Waals surface area contributed by atoms with E-state index in [1.165, 1.54) is 25.4 Å². The van der Waals surface area contributed by atoms with Gasteiger partial charge < -0.3 is 14.9 Å². The Morgan fingerprint density at radius 1 is 1.64 bits per heavy atom. The van der Waals surface area contributed by atoms with Crippen molar-refractivity contribution in [1.29, 1.82) is 0 Å². The summed E-state index contributed by atoms with van der Waals surface area (Å²) in [4.78, 5) is 13.1. The average Bonchev–Trinajstić information content (AvgIpc) is 2.05. The van der Waals surface area contributed by atoms with Crippen LogP contribution in [0.1, 0.15) is 0 Å². The molecule has 1 heterocycles. The molecule has 11 heavy (non-hydrogen) atoms. The summed E-state index contributed by atoms with van der Waals surface area (Å²) in [5, 5.41) is 10.1. The van der Waals surface area contributed by atoms with E-state index in [9.17, 15) is 10.1 Å². The zero-order valence-corrected chi connectivity index (χ0v) is 5.85. The van der Waals surface area contributed by atoms with Gasteiger partial charge >= 0.3 is 5.82 Å². The Labute approximate surface area is 62.8 Å². The standard InChI is InChI=1S/C6H6N2O3/c1-11-5-2-3-6(7-4-5)8(9)10/h2-4H,1H3. The van der Waals surface area contributed by atoms with Crippen molar-refractivity contribution in [2.45, 2.75) is 0 Å². The lowest BCUT2D eigenvalue weighted by Crippen LogP contribution is -1.91. The number of pyridine rings is 1. The largest absolute Gasteiger partial charge is 0.493 e. The van der Waals surface area contributed by atoms with Crippen LogP contribution in [0.2, 0.25) is 0 Å². The van der Waals surface area contributed by atoms with Gasteiger partial charge in [0.25, 0.3) is 0 Å². The number of hydrogen-bond acceptors (Lipinski definition) is 4. The van der Waals surface area contributed by atoms with Gasteiger partial charge in [-0.15, -0.1) is 0 Å². The highest BCUT2D eigenvalue weighted by atomic mass is 16.6. The minimum absolute atomic E-state index is 0.175. The van der Waals surface area contributed by atoms with Crippen molar-refractivity contribution < 1.29 is 9.66 Å². The third-order valence-corrected chi connectivity index (χ3v) is 1.14. The van der Waals surface area contributed by atoms with Gasteiger partial charge in [-0.05, 0) is 16.0 Å². The molecule has 0 aliphatic heterocycles. The first kappa shape index (κ1) is 7.46. The van der Waals surface area contributed by atoms with Crippen LogP contribution in [0.4, 0.5) is 5.82 Å². The maximum atomic E-state index is 10.1. The van der Waals surface area contributed by atoms with Gasteiger partial charge in [0.2, 0.25) is 0 Å². The fraction of sp³-hybridized carbons (Fsp3) is 0.167. The fourth-order valence-corrected chi connectivity index (χ4v) is 0.601. The van der Waals surface area contributed by atoms with Crippen LogP contribution in [-0.2, 0) is 0 Å². The number of ether oxygens (including phenoxy) is 1. The summed E-state index contributed by atoms with van der Waals surface area (Å²) in [6, 6.07) is 2.78. The first-order chi connectivity index (χ1) is 5.24. The van der Waals surface area contributed by atoms with Gasteiger partial charge in [0.1, 0.15) is 0 Å². The predicted molar refractivity (Wildman–Crippen MR) is 37.4 cm³/mol. The van der Waals surface area contributed by atoms with Crippen molar-refractivity contribution in [2.24, 2.45) is 0 Å². The molecule has 58 valence electrons. The first-order valence-corrected chi connectivity index (χ1v) is 2.88. The molecular formula is C6H6N2O3. The van der Waals surface area contributed by atoms with Gasteiger partial charge in [0.05, 0.1) is 7.11 Å². The number of methoxy groups -OCH3 is 1. The lowest BCUT2D eigenvalue weighted by Gasteiger charge is -1.94. The Kier molecular flexibility index (Phi) is 2.00. The van der Waals surface area contributed by atoms with E-state index >= 15 is 0 Å². The second kappa shape index (κ2) is 2.96. The van der Waals surface area contributed by atoms with E-state index in [1.807, 2.05) is 0 Å². The van der Waals surface area contributed by atoms with Gasteiger partial charge in [-0.2, -0.15) is 0 Å². The van der Waals surface area contributed by atoms with Crippen LogP contribution in [0.15, 0.2) is 18.3 Å². The van der Waals surface area contributed by atoms with E-state index in [1.54, 1.807) is 0 Å². The average molecular weight is 154 g/mol. The first-order valence-electron chi connectivity index (χ1n) is 2.88. The molecule has 0 spiro atoms. The summed E-state index contributed by atoms with van der Waals surface area (Å²) >= 11 is 0. The summed E-state index contributed by atoms with van der Waals surface area (Å²) in [5.41, 5.74) is 0. The molecule has 0 saturated carbocycles. The third-order valence-electron chi connectivity index (χ3n) is 1.14. The van der Waals surface area contributed by atoms with Crippen LogP contribution >= 0.6 is 0 Å². The molecule has 0 bridgehead atoms. The molecular weight excluding hydrogens is 148 g/mol. The monoisotopic (exact) mass is 154 g/mol. The van der Waals surface area contributed by atoms with E-state index < -0.39 is 4.92 Å². The quantitative estimate of drug-likeness (QED) is 0.470. The molecule has 0 amide bonds. The molecule has 1 aromatic rings. The number of nitro groups is 1. The Morgan fingerprint density at radius 3 is 2.73 bits per heavy atom. The SMILES string of the molecule is COc1ccc([N+](=O)[O-])nc1.